The van der Waals surface area contributed by atoms with Gasteiger partial charge >= 0.3 is 0 Å². The van der Waals surface area contributed by atoms with E-state index in [9.17, 15) is 0 Å². The summed E-state index contributed by atoms with van der Waals surface area (Å²) >= 11 is 2.31. The van der Waals surface area contributed by atoms with Gasteiger partial charge in [-0.3, -0.25) is 0 Å². The van der Waals surface area contributed by atoms with Crippen LogP contribution in [0.15, 0.2) is 30.6 Å². The predicted molar refractivity (Wildman–Crippen MR) is 88.0 cm³/mol. The van der Waals surface area contributed by atoms with Gasteiger partial charge < -0.3 is 10.6 Å². The zero-order valence-electron chi connectivity index (χ0n) is 11.1. The summed E-state index contributed by atoms with van der Waals surface area (Å²) in [6, 6.07) is 8.16. The molecule has 2 rings (SSSR count). The minimum Gasteiger partial charge on any atom is -0.370 e. The summed E-state index contributed by atoms with van der Waals surface area (Å²) in [5, 5.41) is 6.67. The van der Waals surface area contributed by atoms with Crippen LogP contribution < -0.4 is 10.6 Å². The third-order valence-electron chi connectivity index (χ3n) is 2.77. The molecule has 4 nitrogen and oxygen atoms in total. The minimum atomic E-state index is 0.853. The highest BCUT2D eigenvalue weighted by molar-refractivity contribution is 14.1. The maximum atomic E-state index is 4.36. The zero-order valence-corrected chi connectivity index (χ0v) is 13.2. The average molecular weight is 368 g/mol. The molecule has 0 saturated carbocycles. The molecule has 19 heavy (non-hydrogen) atoms. The van der Waals surface area contributed by atoms with Crippen LogP contribution in [0, 0.1) is 3.57 Å². The van der Waals surface area contributed by atoms with Crippen LogP contribution in [0.2, 0.25) is 0 Å². The van der Waals surface area contributed by atoms with E-state index < -0.39 is 0 Å². The third-order valence-corrected chi connectivity index (χ3v) is 3.71. The fraction of sp³-hybridized carbons (Fsp3) is 0.286. The van der Waals surface area contributed by atoms with Crippen molar-refractivity contribution in [1.82, 2.24) is 9.97 Å². The van der Waals surface area contributed by atoms with Crippen molar-refractivity contribution in [3.63, 3.8) is 0 Å². The second-order valence-corrected chi connectivity index (χ2v) is 5.20. The Kier molecular flexibility index (Phi) is 4.95. The highest BCUT2D eigenvalue weighted by Gasteiger charge is 2.10. The normalized spacial score (nSPS) is 10.3. The summed E-state index contributed by atoms with van der Waals surface area (Å²) < 4.78 is 1.17. The molecule has 0 aliphatic rings. The Bertz CT molecular complexity index is 557. The lowest BCUT2D eigenvalue weighted by molar-refractivity contribution is 1.03. The highest BCUT2D eigenvalue weighted by atomic mass is 127. The van der Waals surface area contributed by atoms with Gasteiger partial charge in [0.25, 0.3) is 0 Å². The summed E-state index contributed by atoms with van der Waals surface area (Å²) in [6.07, 6.45) is 2.48. The summed E-state index contributed by atoms with van der Waals surface area (Å²) in [7, 11) is 0. The second-order valence-electron chi connectivity index (χ2n) is 4.04. The summed E-state index contributed by atoms with van der Waals surface area (Å²) in [6.45, 7) is 5.03. The molecule has 2 N–H and O–H groups in total. The SMILES string of the molecule is CCNc1ncnc(Nc2ccccc2I)c1CC. The number of hydrogen-bond acceptors (Lipinski definition) is 4. The molecular weight excluding hydrogens is 351 g/mol. The lowest BCUT2D eigenvalue weighted by atomic mass is 10.2. The molecule has 1 aromatic carbocycles. The van der Waals surface area contributed by atoms with E-state index in [0.717, 1.165) is 35.9 Å². The predicted octanol–water partition coefficient (Wildman–Crippen LogP) is 3.82. The lowest BCUT2D eigenvalue weighted by Gasteiger charge is -2.14. The molecule has 0 fully saturated rings. The number of nitrogens with one attached hydrogen (secondary N) is 2. The van der Waals surface area contributed by atoms with Gasteiger partial charge in [-0.25, -0.2) is 9.97 Å². The third kappa shape index (κ3) is 3.34. The van der Waals surface area contributed by atoms with Gasteiger partial charge in [-0.15, -0.1) is 0 Å². The number of para-hydroxylation sites is 1. The Balaban J connectivity index is 2.35. The molecule has 0 spiro atoms. The van der Waals surface area contributed by atoms with Crippen molar-refractivity contribution in [1.29, 1.82) is 0 Å². The fourth-order valence-electron chi connectivity index (χ4n) is 1.86. The van der Waals surface area contributed by atoms with Crippen LogP contribution in [0.25, 0.3) is 0 Å². The Morgan fingerprint density at radius 1 is 1.11 bits per heavy atom. The van der Waals surface area contributed by atoms with E-state index in [-0.39, 0.29) is 0 Å². The monoisotopic (exact) mass is 368 g/mol. The number of nitrogens with zero attached hydrogens (tertiary/aromatic N) is 2. The molecule has 100 valence electrons. The Morgan fingerprint density at radius 3 is 2.53 bits per heavy atom. The molecule has 0 aliphatic carbocycles. The molecule has 0 atom stereocenters. The van der Waals surface area contributed by atoms with Crippen LogP contribution >= 0.6 is 22.6 Å². The Labute approximate surface area is 127 Å². The van der Waals surface area contributed by atoms with E-state index in [1.165, 1.54) is 3.57 Å². The molecule has 0 bridgehead atoms. The van der Waals surface area contributed by atoms with Gasteiger partial charge in [0.05, 0.1) is 5.69 Å². The van der Waals surface area contributed by atoms with E-state index >= 15 is 0 Å². The molecular formula is C14H17IN4. The molecule has 5 heteroatoms. The Morgan fingerprint density at radius 2 is 1.84 bits per heavy atom. The van der Waals surface area contributed by atoms with Crippen molar-refractivity contribution < 1.29 is 0 Å². The van der Waals surface area contributed by atoms with Crippen LogP contribution in [-0.2, 0) is 6.42 Å². The van der Waals surface area contributed by atoms with Gasteiger partial charge in [0.2, 0.25) is 0 Å². The number of rotatable bonds is 5. The second kappa shape index (κ2) is 6.70. The molecule has 2 aromatic rings. The van der Waals surface area contributed by atoms with Crippen LogP contribution in [0.5, 0.6) is 0 Å². The van der Waals surface area contributed by atoms with Gasteiger partial charge in [-0.1, -0.05) is 19.1 Å². The van der Waals surface area contributed by atoms with Gasteiger partial charge in [-0.2, -0.15) is 0 Å². The molecule has 0 aliphatic heterocycles. The standard InChI is InChI=1S/C14H17IN4/c1-3-10-13(16-4-2)17-9-18-14(10)19-12-8-6-5-7-11(12)15/h5-9H,3-4H2,1-2H3,(H2,16,17,18,19). The van der Waals surface area contributed by atoms with Crippen LogP contribution in [0.3, 0.4) is 0 Å². The minimum absolute atomic E-state index is 0.853. The van der Waals surface area contributed by atoms with Crippen LogP contribution in [-0.4, -0.2) is 16.5 Å². The highest BCUT2D eigenvalue weighted by Crippen LogP contribution is 2.26. The smallest absolute Gasteiger partial charge is 0.139 e. The van der Waals surface area contributed by atoms with Crippen molar-refractivity contribution in [2.75, 3.05) is 17.2 Å². The summed E-state index contributed by atoms with van der Waals surface area (Å²) in [4.78, 5) is 8.66. The Hall–Kier alpha value is -1.37. The number of aromatic nitrogens is 2. The number of halogens is 1. The van der Waals surface area contributed by atoms with Crippen molar-refractivity contribution in [2.45, 2.75) is 20.3 Å². The van der Waals surface area contributed by atoms with Crippen molar-refractivity contribution in [3.8, 4) is 0 Å². The van der Waals surface area contributed by atoms with Crippen molar-refractivity contribution >= 4 is 39.9 Å². The van der Waals surface area contributed by atoms with Crippen molar-refractivity contribution in [2.24, 2.45) is 0 Å². The van der Waals surface area contributed by atoms with E-state index in [2.05, 4.69) is 69.2 Å². The molecule has 0 unspecified atom stereocenters. The molecule has 0 saturated heterocycles. The van der Waals surface area contributed by atoms with Gasteiger partial charge in [0, 0.05) is 15.7 Å². The van der Waals surface area contributed by atoms with E-state index in [0.29, 0.717) is 0 Å². The first-order valence-corrected chi connectivity index (χ1v) is 7.43. The number of hydrogen-bond donors (Lipinski definition) is 2. The van der Waals surface area contributed by atoms with E-state index in [4.69, 9.17) is 0 Å². The zero-order chi connectivity index (χ0) is 13.7. The van der Waals surface area contributed by atoms with Gasteiger partial charge in [-0.05, 0) is 48.1 Å². The maximum Gasteiger partial charge on any atom is 0.139 e. The van der Waals surface area contributed by atoms with Gasteiger partial charge in [0.1, 0.15) is 18.0 Å². The number of benzene rings is 1. The van der Waals surface area contributed by atoms with E-state index in [1.807, 2.05) is 12.1 Å². The van der Waals surface area contributed by atoms with E-state index in [1.54, 1.807) is 6.33 Å². The topological polar surface area (TPSA) is 49.8 Å². The lowest BCUT2D eigenvalue weighted by Crippen LogP contribution is -2.07. The van der Waals surface area contributed by atoms with Crippen molar-refractivity contribution in [3.05, 3.63) is 39.7 Å². The quantitative estimate of drug-likeness (QED) is 0.788. The summed E-state index contributed by atoms with van der Waals surface area (Å²) in [5.74, 6) is 1.78. The van der Waals surface area contributed by atoms with Gasteiger partial charge in [0.15, 0.2) is 0 Å². The molecule has 1 aromatic heterocycles. The molecule has 0 radical (unpaired) electrons. The molecule has 1 heterocycles. The summed E-state index contributed by atoms with van der Waals surface area (Å²) in [5.41, 5.74) is 2.18. The first-order chi connectivity index (χ1) is 9.26. The maximum absolute atomic E-state index is 4.36. The fourth-order valence-corrected chi connectivity index (χ4v) is 2.39. The first-order valence-electron chi connectivity index (χ1n) is 6.35. The van der Waals surface area contributed by atoms with Crippen LogP contribution in [0.1, 0.15) is 19.4 Å². The number of anilines is 3. The largest absolute Gasteiger partial charge is 0.370 e. The van der Waals surface area contributed by atoms with Crippen LogP contribution in [0.4, 0.5) is 17.3 Å². The first kappa shape index (κ1) is 14.0. The average Bonchev–Trinajstić information content (AvgIpc) is 2.42. The molecule has 0 amide bonds.